The van der Waals surface area contributed by atoms with Gasteiger partial charge in [-0.2, -0.15) is 0 Å². The summed E-state index contributed by atoms with van der Waals surface area (Å²) in [6.45, 7) is 2.14. The molecule has 1 unspecified atom stereocenters. The average molecular weight is 360 g/mol. The SMILES string of the molecule is CCCCCc1nc2c(c(=O)[nH]1)CC(S(=O)(=O)c1ccccc1)CC2. The van der Waals surface area contributed by atoms with Gasteiger partial charge in [0.1, 0.15) is 5.82 Å². The van der Waals surface area contributed by atoms with Crippen LogP contribution in [0.4, 0.5) is 0 Å². The highest BCUT2D eigenvalue weighted by Crippen LogP contribution is 2.27. The van der Waals surface area contributed by atoms with Crippen LogP contribution in [0.5, 0.6) is 0 Å². The summed E-state index contributed by atoms with van der Waals surface area (Å²) < 4.78 is 25.6. The van der Waals surface area contributed by atoms with Crippen molar-refractivity contribution in [1.82, 2.24) is 9.97 Å². The molecule has 1 heterocycles. The van der Waals surface area contributed by atoms with Gasteiger partial charge >= 0.3 is 0 Å². The second-order valence-electron chi connectivity index (χ2n) is 6.62. The number of aromatic amines is 1. The van der Waals surface area contributed by atoms with Crippen LogP contribution >= 0.6 is 0 Å². The molecule has 2 aromatic rings. The lowest BCUT2D eigenvalue weighted by atomic mass is 9.96. The molecule has 134 valence electrons. The fourth-order valence-corrected chi connectivity index (χ4v) is 5.10. The van der Waals surface area contributed by atoms with Crippen molar-refractivity contribution < 1.29 is 8.42 Å². The van der Waals surface area contributed by atoms with Gasteiger partial charge in [0.15, 0.2) is 9.84 Å². The van der Waals surface area contributed by atoms with Gasteiger partial charge in [0.25, 0.3) is 5.56 Å². The molecular formula is C19H24N2O3S. The zero-order valence-corrected chi connectivity index (χ0v) is 15.3. The quantitative estimate of drug-likeness (QED) is 0.803. The van der Waals surface area contributed by atoms with Crippen molar-refractivity contribution in [3.05, 3.63) is 57.8 Å². The number of hydrogen-bond donors (Lipinski definition) is 1. The van der Waals surface area contributed by atoms with Crippen LogP contribution in [0.2, 0.25) is 0 Å². The number of sulfone groups is 1. The lowest BCUT2D eigenvalue weighted by molar-refractivity contribution is 0.555. The highest BCUT2D eigenvalue weighted by atomic mass is 32.2. The Morgan fingerprint density at radius 1 is 1.20 bits per heavy atom. The summed E-state index contributed by atoms with van der Waals surface area (Å²) in [6.07, 6.45) is 5.29. The van der Waals surface area contributed by atoms with Crippen molar-refractivity contribution in [3.63, 3.8) is 0 Å². The molecule has 1 N–H and O–H groups in total. The molecule has 1 aromatic heterocycles. The van der Waals surface area contributed by atoms with E-state index in [-0.39, 0.29) is 12.0 Å². The molecule has 1 atom stereocenters. The molecule has 0 bridgehead atoms. The van der Waals surface area contributed by atoms with Crippen LogP contribution < -0.4 is 5.56 Å². The van der Waals surface area contributed by atoms with Gasteiger partial charge in [0, 0.05) is 12.0 Å². The molecule has 6 heteroatoms. The number of benzene rings is 1. The topological polar surface area (TPSA) is 79.9 Å². The van der Waals surface area contributed by atoms with Gasteiger partial charge in [-0.05, 0) is 37.8 Å². The summed E-state index contributed by atoms with van der Waals surface area (Å²) in [4.78, 5) is 20.2. The van der Waals surface area contributed by atoms with E-state index in [1.165, 1.54) is 0 Å². The Labute approximate surface area is 148 Å². The molecule has 1 aliphatic carbocycles. The number of rotatable bonds is 6. The Morgan fingerprint density at radius 2 is 1.96 bits per heavy atom. The summed E-state index contributed by atoms with van der Waals surface area (Å²) in [6, 6.07) is 8.47. The van der Waals surface area contributed by atoms with Crippen LogP contribution in [0.3, 0.4) is 0 Å². The number of unbranched alkanes of at least 4 members (excludes halogenated alkanes) is 2. The minimum Gasteiger partial charge on any atom is -0.310 e. The molecule has 1 aliphatic rings. The van der Waals surface area contributed by atoms with Crippen molar-refractivity contribution in [2.75, 3.05) is 0 Å². The first kappa shape index (κ1) is 17.9. The molecule has 0 spiro atoms. The molecule has 0 radical (unpaired) electrons. The molecule has 0 saturated carbocycles. The van der Waals surface area contributed by atoms with E-state index in [1.807, 2.05) is 0 Å². The molecule has 0 saturated heterocycles. The van der Waals surface area contributed by atoms with Crippen molar-refractivity contribution in [3.8, 4) is 0 Å². The van der Waals surface area contributed by atoms with Gasteiger partial charge in [-0.1, -0.05) is 38.0 Å². The summed E-state index contributed by atoms with van der Waals surface area (Å²) in [7, 11) is -3.43. The smallest absolute Gasteiger partial charge is 0.254 e. The normalized spacial score (nSPS) is 17.2. The highest BCUT2D eigenvalue weighted by molar-refractivity contribution is 7.92. The number of aromatic nitrogens is 2. The van der Waals surface area contributed by atoms with Crippen LogP contribution in [0, 0.1) is 0 Å². The number of aryl methyl sites for hydroxylation is 2. The zero-order valence-electron chi connectivity index (χ0n) is 14.5. The van der Waals surface area contributed by atoms with Crippen molar-refractivity contribution >= 4 is 9.84 Å². The predicted molar refractivity (Wildman–Crippen MR) is 97.5 cm³/mol. The van der Waals surface area contributed by atoms with Gasteiger partial charge in [-0.25, -0.2) is 13.4 Å². The number of nitrogens with one attached hydrogen (secondary N) is 1. The van der Waals surface area contributed by atoms with Gasteiger partial charge in [-0.3, -0.25) is 4.79 Å². The Hall–Kier alpha value is -1.95. The lowest BCUT2D eigenvalue weighted by Gasteiger charge is -2.23. The largest absolute Gasteiger partial charge is 0.310 e. The number of H-pyrrole nitrogens is 1. The zero-order chi connectivity index (χ0) is 17.9. The maximum atomic E-state index is 12.8. The number of hydrogen-bond acceptors (Lipinski definition) is 4. The van der Waals surface area contributed by atoms with Gasteiger partial charge in [0.2, 0.25) is 0 Å². The fourth-order valence-electron chi connectivity index (χ4n) is 3.37. The van der Waals surface area contributed by atoms with Crippen LogP contribution in [0.1, 0.15) is 49.7 Å². The van der Waals surface area contributed by atoms with Crippen LogP contribution in [-0.2, 0) is 29.1 Å². The van der Waals surface area contributed by atoms with E-state index in [0.717, 1.165) is 37.2 Å². The maximum absolute atomic E-state index is 12.8. The second kappa shape index (κ2) is 7.52. The lowest BCUT2D eigenvalue weighted by Crippen LogP contribution is -2.34. The fraction of sp³-hybridized carbons (Fsp3) is 0.474. The third kappa shape index (κ3) is 3.84. The summed E-state index contributed by atoms with van der Waals surface area (Å²) in [5, 5.41) is -0.559. The molecule has 0 amide bonds. The number of nitrogens with zero attached hydrogens (tertiary/aromatic N) is 1. The molecule has 0 aliphatic heterocycles. The monoisotopic (exact) mass is 360 g/mol. The molecule has 5 nitrogen and oxygen atoms in total. The van der Waals surface area contributed by atoms with E-state index in [1.54, 1.807) is 30.3 Å². The van der Waals surface area contributed by atoms with Crippen molar-refractivity contribution in [1.29, 1.82) is 0 Å². The molecular weight excluding hydrogens is 336 g/mol. The van der Waals surface area contributed by atoms with Crippen LogP contribution in [-0.4, -0.2) is 23.6 Å². The first-order chi connectivity index (χ1) is 12.0. The highest BCUT2D eigenvalue weighted by Gasteiger charge is 2.33. The molecule has 0 fully saturated rings. The molecule has 3 rings (SSSR count). The van der Waals surface area contributed by atoms with E-state index < -0.39 is 15.1 Å². The number of fused-ring (bicyclic) bond motifs is 1. The van der Waals surface area contributed by atoms with Crippen molar-refractivity contribution in [2.24, 2.45) is 0 Å². The van der Waals surface area contributed by atoms with Crippen LogP contribution in [0.15, 0.2) is 40.0 Å². The maximum Gasteiger partial charge on any atom is 0.254 e. The second-order valence-corrected chi connectivity index (χ2v) is 8.85. The first-order valence-corrected chi connectivity index (χ1v) is 10.5. The van der Waals surface area contributed by atoms with E-state index in [9.17, 15) is 13.2 Å². The first-order valence-electron chi connectivity index (χ1n) is 8.92. The Kier molecular flexibility index (Phi) is 5.37. The third-order valence-corrected chi connectivity index (χ3v) is 7.02. The Balaban J connectivity index is 1.83. The van der Waals surface area contributed by atoms with Gasteiger partial charge in [-0.15, -0.1) is 0 Å². The molecule has 1 aromatic carbocycles. The van der Waals surface area contributed by atoms with Gasteiger partial charge in [0.05, 0.1) is 15.8 Å². The van der Waals surface area contributed by atoms with Crippen LogP contribution in [0.25, 0.3) is 0 Å². The van der Waals surface area contributed by atoms with Crippen molar-refractivity contribution in [2.45, 2.75) is 62.0 Å². The summed E-state index contributed by atoms with van der Waals surface area (Å²) in [5.74, 6) is 0.724. The van der Waals surface area contributed by atoms with Gasteiger partial charge < -0.3 is 4.98 Å². The summed E-state index contributed by atoms with van der Waals surface area (Å²) >= 11 is 0. The minimum absolute atomic E-state index is 0.176. The Bertz CT molecular complexity index is 889. The van der Waals surface area contributed by atoms with E-state index in [2.05, 4.69) is 16.9 Å². The summed E-state index contributed by atoms with van der Waals surface area (Å²) in [5.41, 5.74) is 1.13. The Morgan fingerprint density at radius 3 is 2.68 bits per heavy atom. The predicted octanol–water partition coefficient (Wildman–Crippen LogP) is 2.83. The standard InChI is InChI=1S/C19H24N2O3S/c1-2-3-5-10-18-20-17-12-11-15(13-16(17)19(22)21-18)25(23,24)14-8-6-4-7-9-14/h4,6-9,15H,2-3,5,10-13H2,1H3,(H,20,21,22). The average Bonchev–Trinajstić information content (AvgIpc) is 2.62. The van der Waals surface area contributed by atoms with E-state index >= 15 is 0 Å². The van der Waals surface area contributed by atoms with E-state index in [0.29, 0.717) is 23.3 Å². The minimum atomic E-state index is -3.43. The molecule has 25 heavy (non-hydrogen) atoms. The van der Waals surface area contributed by atoms with E-state index in [4.69, 9.17) is 0 Å². The third-order valence-electron chi connectivity index (χ3n) is 4.81.